The molecule has 16 heavy (non-hydrogen) atoms. The molecule has 0 aromatic heterocycles. The molecule has 2 rings (SSSR count). The summed E-state index contributed by atoms with van der Waals surface area (Å²) >= 11 is 0. The molecule has 0 radical (unpaired) electrons. The van der Waals surface area contributed by atoms with Crippen molar-refractivity contribution >= 4 is 5.78 Å². The van der Waals surface area contributed by atoms with E-state index in [0.29, 0.717) is 30.3 Å². The van der Waals surface area contributed by atoms with E-state index in [-0.39, 0.29) is 11.9 Å². The lowest BCUT2D eigenvalue weighted by Crippen LogP contribution is -2.33. The first-order valence-corrected chi connectivity index (χ1v) is 5.14. The molecule has 1 heterocycles. The predicted octanol–water partition coefficient (Wildman–Crippen LogP) is 1.68. The minimum absolute atomic E-state index is 0.0141. The van der Waals surface area contributed by atoms with E-state index in [9.17, 15) is 4.79 Å². The Hall–Kier alpha value is -1.55. The lowest BCUT2D eigenvalue weighted by atomic mass is 10.1. The van der Waals surface area contributed by atoms with Crippen LogP contribution in [0, 0.1) is 0 Å². The fraction of sp³-hybridized carbons (Fsp3) is 0.417. The number of methoxy groups -OCH3 is 1. The SMILES string of the molecule is COCC1COc2ccc(C(C)=O)cc2O1. The third-order valence-electron chi connectivity index (χ3n) is 2.42. The van der Waals surface area contributed by atoms with E-state index in [2.05, 4.69) is 0 Å². The maximum absolute atomic E-state index is 11.2. The molecular formula is C12H14O4. The Morgan fingerprint density at radius 1 is 1.50 bits per heavy atom. The molecule has 1 aromatic carbocycles. The van der Waals surface area contributed by atoms with Crippen molar-refractivity contribution < 1.29 is 19.0 Å². The van der Waals surface area contributed by atoms with Crippen molar-refractivity contribution in [3.05, 3.63) is 23.8 Å². The monoisotopic (exact) mass is 222 g/mol. The fourth-order valence-corrected chi connectivity index (χ4v) is 1.60. The van der Waals surface area contributed by atoms with Crippen LogP contribution in [0.25, 0.3) is 0 Å². The van der Waals surface area contributed by atoms with Gasteiger partial charge in [-0.05, 0) is 25.1 Å². The number of Topliss-reactive ketones (excluding diaryl/α,β-unsaturated/α-hetero) is 1. The molecule has 4 heteroatoms. The van der Waals surface area contributed by atoms with E-state index in [1.54, 1.807) is 25.3 Å². The molecule has 1 aromatic rings. The van der Waals surface area contributed by atoms with Crippen LogP contribution in [0.5, 0.6) is 11.5 Å². The summed E-state index contributed by atoms with van der Waals surface area (Å²) in [6, 6.07) is 5.20. The van der Waals surface area contributed by atoms with Crippen molar-refractivity contribution in [2.75, 3.05) is 20.3 Å². The van der Waals surface area contributed by atoms with Gasteiger partial charge in [0.15, 0.2) is 23.4 Å². The Labute approximate surface area is 94.1 Å². The Balaban J connectivity index is 2.21. The quantitative estimate of drug-likeness (QED) is 0.730. The van der Waals surface area contributed by atoms with Crippen molar-refractivity contribution in [3.8, 4) is 11.5 Å². The van der Waals surface area contributed by atoms with E-state index < -0.39 is 0 Å². The number of fused-ring (bicyclic) bond motifs is 1. The van der Waals surface area contributed by atoms with Gasteiger partial charge in [-0.3, -0.25) is 4.79 Å². The Morgan fingerprint density at radius 2 is 2.31 bits per heavy atom. The highest BCUT2D eigenvalue weighted by atomic mass is 16.6. The molecule has 0 N–H and O–H groups in total. The molecule has 0 fully saturated rings. The molecule has 86 valence electrons. The zero-order valence-electron chi connectivity index (χ0n) is 9.36. The first-order chi connectivity index (χ1) is 7.70. The van der Waals surface area contributed by atoms with E-state index >= 15 is 0 Å². The number of ketones is 1. The van der Waals surface area contributed by atoms with Crippen LogP contribution in [0.2, 0.25) is 0 Å². The zero-order chi connectivity index (χ0) is 11.5. The molecule has 0 spiro atoms. The van der Waals surface area contributed by atoms with Gasteiger partial charge in [-0.15, -0.1) is 0 Å². The number of rotatable bonds is 3. The second-order valence-electron chi connectivity index (χ2n) is 3.72. The summed E-state index contributed by atoms with van der Waals surface area (Å²) in [5.41, 5.74) is 0.625. The summed E-state index contributed by atoms with van der Waals surface area (Å²) in [5, 5.41) is 0. The van der Waals surface area contributed by atoms with Gasteiger partial charge in [0.05, 0.1) is 6.61 Å². The average molecular weight is 222 g/mol. The van der Waals surface area contributed by atoms with Crippen molar-refractivity contribution in [2.24, 2.45) is 0 Å². The summed E-state index contributed by atoms with van der Waals surface area (Å²) in [6.07, 6.45) is -0.111. The van der Waals surface area contributed by atoms with E-state index in [1.807, 2.05) is 0 Å². The van der Waals surface area contributed by atoms with E-state index in [0.717, 1.165) is 0 Å². The van der Waals surface area contributed by atoms with Crippen LogP contribution in [0.4, 0.5) is 0 Å². The van der Waals surface area contributed by atoms with Gasteiger partial charge in [0.25, 0.3) is 0 Å². The highest BCUT2D eigenvalue weighted by molar-refractivity contribution is 5.94. The van der Waals surface area contributed by atoms with E-state index in [1.165, 1.54) is 6.92 Å². The van der Waals surface area contributed by atoms with Crippen LogP contribution >= 0.6 is 0 Å². The minimum atomic E-state index is -0.111. The average Bonchev–Trinajstić information content (AvgIpc) is 2.28. The number of hydrogen-bond donors (Lipinski definition) is 0. The summed E-state index contributed by atoms with van der Waals surface area (Å²) in [5.74, 6) is 1.30. The van der Waals surface area contributed by atoms with Crippen LogP contribution in [0.15, 0.2) is 18.2 Å². The highest BCUT2D eigenvalue weighted by Crippen LogP contribution is 2.32. The molecule has 1 unspecified atom stereocenters. The molecule has 1 aliphatic rings. The number of carbonyl (C=O) groups is 1. The third kappa shape index (κ3) is 2.17. The fourth-order valence-electron chi connectivity index (χ4n) is 1.60. The molecule has 4 nitrogen and oxygen atoms in total. The maximum Gasteiger partial charge on any atom is 0.162 e. The van der Waals surface area contributed by atoms with Gasteiger partial charge in [-0.25, -0.2) is 0 Å². The molecule has 0 bridgehead atoms. The highest BCUT2D eigenvalue weighted by Gasteiger charge is 2.21. The number of ether oxygens (including phenoxy) is 3. The number of carbonyl (C=O) groups excluding carboxylic acids is 1. The molecule has 0 aliphatic carbocycles. The van der Waals surface area contributed by atoms with Gasteiger partial charge in [0.1, 0.15) is 6.61 Å². The van der Waals surface area contributed by atoms with Gasteiger partial charge in [-0.1, -0.05) is 0 Å². The molecule has 1 aliphatic heterocycles. The Kier molecular flexibility index (Phi) is 3.10. The molecular weight excluding hydrogens is 208 g/mol. The largest absolute Gasteiger partial charge is 0.486 e. The van der Waals surface area contributed by atoms with Crippen molar-refractivity contribution in [3.63, 3.8) is 0 Å². The van der Waals surface area contributed by atoms with Gasteiger partial charge in [0.2, 0.25) is 0 Å². The zero-order valence-corrected chi connectivity index (χ0v) is 9.36. The summed E-state index contributed by atoms with van der Waals surface area (Å²) < 4.78 is 16.2. The van der Waals surface area contributed by atoms with E-state index in [4.69, 9.17) is 14.2 Å². The molecule has 0 saturated carbocycles. The first kappa shape index (κ1) is 11.0. The number of hydrogen-bond acceptors (Lipinski definition) is 4. The smallest absolute Gasteiger partial charge is 0.162 e. The standard InChI is InChI=1S/C12H14O4/c1-8(13)9-3-4-11-12(5-9)16-10(6-14-2)7-15-11/h3-5,10H,6-7H2,1-2H3. The summed E-state index contributed by atoms with van der Waals surface area (Å²) in [4.78, 5) is 11.2. The lowest BCUT2D eigenvalue weighted by molar-refractivity contribution is 0.0271. The predicted molar refractivity (Wildman–Crippen MR) is 58.2 cm³/mol. The molecule has 0 saturated heterocycles. The molecule has 1 atom stereocenters. The van der Waals surface area contributed by atoms with Gasteiger partial charge >= 0.3 is 0 Å². The van der Waals surface area contributed by atoms with Gasteiger partial charge < -0.3 is 14.2 Å². The lowest BCUT2D eigenvalue weighted by Gasteiger charge is -2.26. The number of benzene rings is 1. The normalized spacial score (nSPS) is 18.2. The second-order valence-corrected chi connectivity index (χ2v) is 3.72. The van der Waals surface area contributed by atoms with Crippen LogP contribution in [0.3, 0.4) is 0 Å². The van der Waals surface area contributed by atoms with Crippen molar-refractivity contribution in [1.29, 1.82) is 0 Å². The molecule has 0 amide bonds. The van der Waals surface area contributed by atoms with Crippen LogP contribution < -0.4 is 9.47 Å². The van der Waals surface area contributed by atoms with Crippen LogP contribution in [-0.2, 0) is 4.74 Å². The van der Waals surface area contributed by atoms with Crippen LogP contribution in [0.1, 0.15) is 17.3 Å². The van der Waals surface area contributed by atoms with Crippen molar-refractivity contribution in [2.45, 2.75) is 13.0 Å². The second kappa shape index (κ2) is 4.53. The summed E-state index contributed by atoms with van der Waals surface area (Å²) in [6.45, 7) is 2.47. The van der Waals surface area contributed by atoms with Gasteiger partial charge in [-0.2, -0.15) is 0 Å². The third-order valence-corrected chi connectivity index (χ3v) is 2.42. The first-order valence-electron chi connectivity index (χ1n) is 5.14. The Bertz CT molecular complexity index is 400. The summed E-state index contributed by atoms with van der Waals surface area (Å²) in [7, 11) is 1.62. The van der Waals surface area contributed by atoms with Crippen molar-refractivity contribution in [1.82, 2.24) is 0 Å². The van der Waals surface area contributed by atoms with Gasteiger partial charge in [0, 0.05) is 12.7 Å². The maximum atomic E-state index is 11.2. The minimum Gasteiger partial charge on any atom is -0.486 e. The van der Waals surface area contributed by atoms with Crippen LogP contribution in [-0.4, -0.2) is 32.2 Å². The Morgan fingerprint density at radius 3 is 3.00 bits per heavy atom. The topological polar surface area (TPSA) is 44.8 Å².